The van der Waals surface area contributed by atoms with Crippen molar-refractivity contribution in [3.05, 3.63) is 0 Å². The van der Waals surface area contributed by atoms with Crippen LogP contribution >= 0.6 is 0 Å². The number of nitrogens with zero attached hydrogens (tertiary/aromatic N) is 1. The Labute approximate surface area is 319 Å². The maximum atomic E-state index is 14.2. The van der Waals surface area contributed by atoms with Crippen molar-refractivity contribution in [2.75, 3.05) is 14.2 Å². The van der Waals surface area contributed by atoms with Crippen LogP contribution in [0.4, 0.5) is 0 Å². The molecule has 3 heterocycles. The van der Waals surface area contributed by atoms with Gasteiger partial charge in [0.1, 0.15) is 23.9 Å². The Balaban J connectivity index is 2.15. The molecule has 0 bridgehead atoms. The van der Waals surface area contributed by atoms with Crippen LogP contribution in [-0.4, -0.2) is 141 Å². The summed E-state index contributed by atoms with van der Waals surface area (Å²) in [6.07, 6.45) is -6.70. The molecule has 312 valence electrons. The van der Waals surface area contributed by atoms with Crippen LogP contribution in [0.3, 0.4) is 0 Å². The number of likely N-dealkylation sites (N-methyl/N-ethyl adjacent to an activating group) is 1. The van der Waals surface area contributed by atoms with Gasteiger partial charge in [-0.3, -0.25) is 9.69 Å². The first-order valence-corrected chi connectivity index (χ1v) is 20.0. The molecule has 0 aromatic rings. The smallest absolute Gasteiger partial charge is 0.311 e. The fourth-order valence-electron chi connectivity index (χ4n) is 9.21. The molecule has 0 spiro atoms. The lowest BCUT2D eigenvalue weighted by atomic mass is 9.74. The van der Waals surface area contributed by atoms with Gasteiger partial charge in [0, 0.05) is 31.5 Å². The first-order chi connectivity index (χ1) is 24.4. The van der Waals surface area contributed by atoms with E-state index in [-0.39, 0.29) is 43.4 Å². The zero-order valence-corrected chi connectivity index (χ0v) is 35.0. The van der Waals surface area contributed by atoms with Gasteiger partial charge in [0.2, 0.25) is 0 Å². The van der Waals surface area contributed by atoms with E-state index in [0.717, 1.165) is 6.42 Å². The van der Waals surface area contributed by atoms with Crippen molar-refractivity contribution in [2.45, 2.75) is 212 Å². The monoisotopic (exact) mass is 762 g/mol. The second-order valence-electron chi connectivity index (χ2n) is 17.7. The Morgan fingerprint density at radius 1 is 0.925 bits per heavy atom. The van der Waals surface area contributed by atoms with Gasteiger partial charge in [-0.25, -0.2) is 0 Å². The summed E-state index contributed by atoms with van der Waals surface area (Å²) in [5, 5.41) is 58.4. The number of esters is 1. The van der Waals surface area contributed by atoms with E-state index in [4.69, 9.17) is 28.4 Å². The van der Waals surface area contributed by atoms with Gasteiger partial charge in [-0.1, -0.05) is 34.6 Å². The molecule has 3 aliphatic rings. The normalized spacial score (nSPS) is 48.9. The average molecular weight is 762 g/mol. The van der Waals surface area contributed by atoms with Crippen LogP contribution in [0.15, 0.2) is 0 Å². The Morgan fingerprint density at radius 2 is 1.55 bits per heavy atom. The van der Waals surface area contributed by atoms with E-state index in [1.54, 1.807) is 34.6 Å². The van der Waals surface area contributed by atoms with Gasteiger partial charge in [-0.2, -0.15) is 0 Å². The van der Waals surface area contributed by atoms with E-state index in [1.165, 1.54) is 14.0 Å². The lowest BCUT2D eigenvalue weighted by Crippen LogP contribution is -2.61. The maximum Gasteiger partial charge on any atom is 0.311 e. The number of methoxy groups -OCH3 is 1. The SMILES string of the molecule is CCC(C)N(C)[C@H]1C[C@@H](C)O[C@@H](O[C@@H]2[C@@H](C)[C@H](O[C@H]3C[C@@](C)(OC)[C@@H](O)[C@H](C)O3)[C@@H](C)C(=O)O[C@H](CC)[C@@](C)(O)[C@H](O)[C@@H](C)C[C@H](C)CC2(C)O)[C@@H]1O. The molecule has 0 aliphatic carbocycles. The van der Waals surface area contributed by atoms with E-state index in [0.29, 0.717) is 12.8 Å². The van der Waals surface area contributed by atoms with Crippen molar-refractivity contribution in [1.82, 2.24) is 4.90 Å². The predicted octanol–water partition coefficient (Wildman–Crippen LogP) is 3.78. The Morgan fingerprint density at radius 3 is 2.11 bits per heavy atom. The molecule has 13 heteroatoms. The summed E-state index contributed by atoms with van der Waals surface area (Å²) in [4.78, 5) is 16.3. The molecule has 3 saturated heterocycles. The standard InChI is InChI=1S/C40H75NO12/c1-15-23(5)41(13)28-18-24(6)49-37(31(28)42)53-35-25(7)32(52-30-20-39(11,48-14)34(44)27(9)50-30)26(8)36(45)51-29(16-2)40(12,47)33(43)22(4)17-21(3)19-38(35,10)46/h21-35,37,42-44,46-47H,15-20H2,1-14H3/t21-,22-,23?,24+,25-,26+,27-,28-,29+,30-,31+,32-,33+,34-,35+,37-,38?,39+,40+/m0/s1. The zero-order chi connectivity index (χ0) is 40.4. The van der Waals surface area contributed by atoms with Crippen LogP contribution < -0.4 is 0 Å². The van der Waals surface area contributed by atoms with Crippen LogP contribution in [0, 0.1) is 23.7 Å². The van der Waals surface area contributed by atoms with Gasteiger partial charge >= 0.3 is 5.97 Å². The molecule has 5 N–H and O–H groups in total. The van der Waals surface area contributed by atoms with E-state index < -0.39 is 95.8 Å². The van der Waals surface area contributed by atoms with Crippen molar-refractivity contribution >= 4 is 5.97 Å². The third-order valence-electron chi connectivity index (χ3n) is 12.9. The number of hydrogen-bond acceptors (Lipinski definition) is 13. The second kappa shape index (κ2) is 18.5. The van der Waals surface area contributed by atoms with Crippen LogP contribution in [0.1, 0.15) is 122 Å². The van der Waals surface area contributed by atoms with Gasteiger partial charge in [0.15, 0.2) is 12.6 Å². The van der Waals surface area contributed by atoms with Crippen LogP contribution in [0.25, 0.3) is 0 Å². The topological polar surface area (TPSA) is 177 Å². The molecule has 3 fully saturated rings. The number of carbonyl (C=O) groups is 1. The van der Waals surface area contributed by atoms with Crippen molar-refractivity contribution in [2.24, 2.45) is 23.7 Å². The van der Waals surface area contributed by atoms with E-state index in [9.17, 15) is 30.3 Å². The van der Waals surface area contributed by atoms with Crippen molar-refractivity contribution in [3.8, 4) is 0 Å². The second-order valence-corrected chi connectivity index (χ2v) is 17.7. The number of cyclic esters (lactones) is 1. The Bertz CT molecular complexity index is 1160. The molecule has 3 rings (SSSR count). The lowest BCUT2D eigenvalue weighted by Gasteiger charge is -2.49. The third kappa shape index (κ3) is 10.5. The summed E-state index contributed by atoms with van der Waals surface area (Å²) in [7, 11) is 3.50. The summed E-state index contributed by atoms with van der Waals surface area (Å²) in [5.74, 6) is -2.96. The van der Waals surface area contributed by atoms with Gasteiger partial charge < -0.3 is 54.0 Å². The molecule has 0 aromatic carbocycles. The van der Waals surface area contributed by atoms with Crippen molar-refractivity contribution in [3.63, 3.8) is 0 Å². The van der Waals surface area contributed by atoms with Gasteiger partial charge in [0.25, 0.3) is 0 Å². The average Bonchev–Trinajstić information content (AvgIpc) is 3.09. The maximum absolute atomic E-state index is 14.2. The highest BCUT2D eigenvalue weighted by Gasteiger charge is 2.53. The number of aliphatic hydroxyl groups is 5. The summed E-state index contributed by atoms with van der Waals surface area (Å²) in [6, 6.07) is -0.0737. The number of aliphatic hydroxyl groups excluding tert-OH is 3. The molecular formula is C40H75NO12. The number of hydrogen-bond donors (Lipinski definition) is 5. The fraction of sp³-hybridized carbons (Fsp3) is 0.975. The minimum absolute atomic E-state index is 0.140. The summed E-state index contributed by atoms with van der Waals surface area (Å²) < 4.78 is 37.7. The molecular weight excluding hydrogens is 686 g/mol. The highest BCUT2D eigenvalue weighted by Crippen LogP contribution is 2.41. The van der Waals surface area contributed by atoms with E-state index in [1.807, 2.05) is 34.7 Å². The molecule has 0 radical (unpaired) electrons. The molecule has 19 atom stereocenters. The van der Waals surface area contributed by atoms with Crippen molar-refractivity contribution < 1.29 is 58.7 Å². The minimum Gasteiger partial charge on any atom is -0.459 e. The minimum atomic E-state index is -1.76. The lowest BCUT2D eigenvalue weighted by molar-refractivity contribution is -0.318. The first kappa shape index (κ1) is 46.4. The molecule has 0 saturated carbocycles. The third-order valence-corrected chi connectivity index (χ3v) is 12.9. The molecule has 3 aliphatic heterocycles. The molecule has 13 nitrogen and oxygen atoms in total. The Kier molecular flexibility index (Phi) is 16.2. The van der Waals surface area contributed by atoms with Crippen LogP contribution in [-0.2, 0) is 33.2 Å². The summed E-state index contributed by atoms with van der Waals surface area (Å²) in [6.45, 7) is 21.9. The zero-order valence-electron chi connectivity index (χ0n) is 35.0. The van der Waals surface area contributed by atoms with Crippen molar-refractivity contribution in [1.29, 1.82) is 0 Å². The van der Waals surface area contributed by atoms with E-state index in [2.05, 4.69) is 18.7 Å². The highest BCUT2D eigenvalue weighted by atomic mass is 16.7. The summed E-state index contributed by atoms with van der Waals surface area (Å²) >= 11 is 0. The van der Waals surface area contributed by atoms with Gasteiger partial charge in [-0.15, -0.1) is 0 Å². The first-order valence-electron chi connectivity index (χ1n) is 20.0. The molecule has 0 aromatic heterocycles. The largest absolute Gasteiger partial charge is 0.459 e. The highest BCUT2D eigenvalue weighted by molar-refractivity contribution is 5.73. The van der Waals surface area contributed by atoms with E-state index >= 15 is 0 Å². The number of carbonyl (C=O) groups excluding carboxylic acids is 1. The fourth-order valence-corrected chi connectivity index (χ4v) is 9.21. The number of ether oxygens (including phenoxy) is 6. The van der Waals surface area contributed by atoms with Gasteiger partial charge in [-0.05, 0) is 99.5 Å². The molecule has 53 heavy (non-hydrogen) atoms. The molecule has 0 amide bonds. The quantitative estimate of drug-likeness (QED) is 0.215. The van der Waals surface area contributed by atoms with Crippen LogP contribution in [0.5, 0.6) is 0 Å². The Hall–Kier alpha value is -0.970. The molecule has 2 unspecified atom stereocenters. The predicted molar refractivity (Wildman–Crippen MR) is 200 cm³/mol. The summed E-state index contributed by atoms with van der Waals surface area (Å²) in [5.41, 5.74) is -4.33. The van der Waals surface area contributed by atoms with Gasteiger partial charge in [0.05, 0.1) is 47.6 Å². The van der Waals surface area contributed by atoms with Crippen LogP contribution in [0.2, 0.25) is 0 Å². The number of rotatable bonds is 9.